The molecule has 0 saturated carbocycles. The maximum Gasteiger partial charge on any atom is 0.318 e. The van der Waals surface area contributed by atoms with Crippen LogP contribution in [0.15, 0.2) is 0 Å². The number of amides is 3. The van der Waals surface area contributed by atoms with Crippen molar-refractivity contribution < 1.29 is 19.5 Å². The molecule has 1 saturated heterocycles. The van der Waals surface area contributed by atoms with E-state index in [9.17, 15) is 14.4 Å². The summed E-state index contributed by atoms with van der Waals surface area (Å²) in [6, 6.07) is -0.724. The number of hydrogen-bond acceptors (Lipinski definition) is 3. The Balaban J connectivity index is 2.17. The molecule has 7 nitrogen and oxygen atoms in total. The summed E-state index contributed by atoms with van der Waals surface area (Å²) in [6.45, 7) is 1.10. The number of carbonyl (C=O) groups is 3. The molecule has 0 spiro atoms. The summed E-state index contributed by atoms with van der Waals surface area (Å²) < 4.78 is 0. The maximum absolute atomic E-state index is 12.0. The van der Waals surface area contributed by atoms with Crippen molar-refractivity contribution in [3.05, 3.63) is 0 Å². The Kier molecular flexibility index (Phi) is 7.56. The van der Waals surface area contributed by atoms with E-state index >= 15 is 0 Å². The topological polar surface area (TPSA) is 113 Å². The number of likely N-dealkylation sites (tertiary alicyclic amines) is 1. The molecule has 4 N–H and O–H groups in total. The van der Waals surface area contributed by atoms with E-state index < -0.39 is 17.9 Å². The number of unbranched alkanes of at least 4 members (excludes halogenated alkanes) is 3. The van der Waals surface area contributed by atoms with E-state index in [2.05, 4.69) is 5.32 Å². The summed E-state index contributed by atoms with van der Waals surface area (Å²) in [5.74, 6) is -1.22. The molecule has 0 bridgehead atoms. The Labute approximate surface area is 124 Å². The van der Waals surface area contributed by atoms with Crippen molar-refractivity contribution >= 4 is 17.9 Å². The minimum Gasteiger partial charge on any atom is -0.481 e. The van der Waals surface area contributed by atoms with Crippen molar-refractivity contribution in [3.8, 4) is 0 Å². The lowest BCUT2D eigenvalue weighted by molar-refractivity contribution is -0.137. The fourth-order valence-electron chi connectivity index (χ4n) is 2.52. The largest absolute Gasteiger partial charge is 0.481 e. The lowest BCUT2D eigenvalue weighted by Gasteiger charge is -2.33. The molecule has 7 heteroatoms. The molecule has 0 aromatic rings. The minimum absolute atomic E-state index is 0.195. The molecule has 0 radical (unpaired) electrons. The van der Waals surface area contributed by atoms with Crippen LogP contribution in [0.1, 0.15) is 51.4 Å². The molecule has 0 aromatic heterocycles. The summed E-state index contributed by atoms with van der Waals surface area (Å²) >= 11 is 0. The zero-order chi connectivity index (χ0) is 15.7. The number of aliphatic carboxylic acids is 1. The van der Waals surface area contributed by atoms with Gasteiger partial charge in [0.05, 0.1) is 0 Å². The molecule has 120 valence electrons. The van der Waals surface area contributed by atoms with Crippen molar-refractivity contribution in [1.82, 2.24) is 10.2 Å². The highest BCUT2D eigenvalue weighted by Crippen LogP contribution is 2.16. The molecular weight excluding hydrogens is 274 g/mol. The van der Waals surface area contributed by atoms with Gasteiger partial charge in [0, 0.05) is 19.5 Å². The number of nitrogens with one attached hydrogen (secondary N) is 1. The molecule has 1 aliphatic heterocycles. The standard InChI is InChI=1S/C14H25N3O4/c15-13(20)11-7-4-6-10-17(11)14(21)16-9-5-2-1-3-8-12(18)19/h11H,1-10H2,(H2,15,20)(H,16,21)(H,18,19). The van der Waals surface area contributed by atoms with E-state index in [-0.39, 0.29) is 12.5 Å². The summed E-state index contributed by atoms with van der Waals surface area (Å²) in [5, 5.41) is 11.3. The van der Waals surface area contributed by atoms with E-state index in [1.54, 1.807) is 0 Å². The Morgan fingerprint density at radius 3 is 2.52 bits per heavy atom. The van der Waals surface area contributed by atoms with Gasteiger partial charge in [-0.15, -0.1) is 0 Å². The van der Waals surface area contributed by atoms with Crippen LogP contribution in [0, 0.1) is 0 Å². The molecule has 1 heterocycles. The highest BCUT2D eigenvalue weighted by Gasteiger charge is 2.30. The van der Waals surface area contributed by atoms with Gasteiger partial charge < -0.3 is 21.1 Å². The summed E-state index contributed by atoms with van der Waals surface area (Å²) in [4.78, 5) is 35.2. The van der Waals surface area contributed by atoms with E-state index in [1.807, 2.05) is 0 Å². The molecule has 1 atom stereocenters. The fourth-order valence-corrected chi connectivity index (χ4v) is 2.52. The third-order valence-electron chi connectivity index (χ3n) is 3.69. The average Bonchev–Trinajstić information content (AvgIpc) is 2.45. The summed E-state index contributed by atoms with van der Waals surface area (Å²) in [6.07, 6.45) is 5.84. The predicted octanol–water partition coefficient (Wildman–Crippen LogP) is 1.07. The number of nitrogens with zero attached hydrogens (tertiary/aromatic N) is 1. The number of urea groups is 1. The quantitative estimate of drug-likeness (QED) is 0.582. The Hall–Kier alpha value is -1.79. The maximum atomic E-state index is 12.0. The molecule has 0 aliphatic carbocycles. The normalized spacial score (nSPS) is 18.3. The number of nitrogens with two attached hydrogens (primary N) is 1. The molecule has 1 unspecified atom stereocenters. The van der Waals surface area contributed by atoms with Crippen molar-refractivity contribution in [2.45, 2.75) is 57.4 Å². The van der Waals surface area contributed by atoms with Crippen LogP contribution in [0.25, 0.3) is 0 Å². The van der Waals surface area contributed by atoms with E-state index in [4.69, 9.17) is 10.8 Å². The first-order chi connectivity index (χ1) is 10.0. The Morgan fingerprint density at radius 1 is 1.14 bits per heavy atom. The van der Waals surface area contributed by atoms with Gasteiger partial charge in [-0.3, -0.25) is 9.59 Å². The Bertz CT molecular complexity index is 373. The average molecular weight is 299 g/mol. The van der Waals surface area contributed by atoms with Crippen LogP contribution in [-0.4, -0.2) is 47.0 Å². The van der Waals surface area contributed by atoms with Crippen molar-refractivity contribution in [1.29, 1.82) is 0 Å². The molecule has 1 rings (SSSR count). The zero-order valence-corrected chi connectivity index (χ0v) is 12.3. The van der Waals surface area contributed by atoms with Crippen LogP contribution >= 0.6 is 0 Å². The lowest BCUT2D eigenvalue weighted by atomic mass is 10.0. The van der Waals surface area contributed by atoms with E-state index in [0.29, 0.717) is 25.9 Å². The van der Waals surface area contributed by atoms with Gasteiger partial charge in [0.25, 0.3) is 0 Å². The number of carbonyl (C=O) groups excluding carboxylic acids is 2. The number of hydrogen-bond donors (Lipinski definition) is 3. The molecule has 1 fully saturated rings. The van der Waals surface area contributed by atoms with Gasteiger partial charge in [0.1, 0.15) is 6.04 Å². The first-order valence-electron chi connectivity index (χ1n) is 7.58. The van der Waals surface area contributed by atoms with Crippen molar-refractivity contribution in [2.24, 2.45) is 5.73 Å². The smallest absolute Gasteiger partial charge is 0.318 e. The second-order valence-electron chi connectivity index (χ2n) is 5.40. The Morgan fingerprint density at radius 2 is 1.86 bits per heavy atom. The molecular formula is C14H25N3O4. The van der Waals surface area contributed by atoms with Crippen LogP contribution in [0.3, 0.4) is 0 Å². The van der Waals surface area contributed by atoms with Crippen molar-refractivity contribution in [3.63, 3.8) is 0 Å². The fraction of sp³-hybridized carbons (Fsp3) is 0.786. The number of carboxylic acid groups (broad SMARTS) is 1. The van der Waals surface area contributed by atoms with Gasteiger partial charge in [-0.05, 0) is 32.1 Å². The van der Waals surface area contributed by atoms with Gasteiger partial charge in [-0.1, -0.05) is 12.8 Å². The zero-order valence-electron chi connectivity index (χ0n) is 12.3. The second kappa shape index (κ2) is 9.20. The first-order valence-corrected chi connectivity index (χ1v) is 7.58. The predicted molar refractivity (Wildman–Crippen MR) is 77.7 cm³/mol. The third kappa shape index (κ3) is 6.46. The van der Waals surface area contributed by atoms with Crippen molar-refractivity contribution in [2.75, 3.05) is 13.1 Å². The number of primary amides is 1. The van der Waals surface area contributed by atoms with Crippen LogP contribution in [0.5, 0.6) is 0 Å². The monoisotopic (exact) mass is 299 g/mol. The highest BCUT2D eigenvalue weighted by atomic mass is 16.4. The summed E-state index contributed by atoms with van der Waals surface area (Å²) in [5.41, 5.74) is 5.32. The number of rotatable bonds is 8. The highest BCUT2D eigenvalue weighted by molar-refractivity contribution is 5.86. The minimum atomic E-state index is -0.772. The molecule has 21 heavy (non-hydrogen) atoms. The number of piperidine rings is 1. The third-order valence-corrected chi connectivity index (χ3v) is 3.69. The van der Waals surface area contributed by atoms with Crippen LogP contribution in [-0.2, 0) is 9.59 Å². The molecule has 0 aromatic carbocycles. The van der Waals surface area contributed by atoms with Gasteiger partial charge in [-0.2, -0.15) is 0 Å². The van der Waals surface area contributed by atoms with E-state index in [1.165, 1.54) is 4.90 Å². The second-order valence-corrected chi connectivity index (χ2v) is 5.40. The van der Waals surface area contributed by atoms with Gasteiger partial charge in [0.15, 0.2) is 0 Å². The van der Waals surface area contributed by atoms with Crippen LogP contribution < -0.4 is 11.1 Å². The number of carboxylic acids is 1. The van der Waals surface area contributed by atoms with Gasteiger partial charge in [0.2, 0.25) is 5.91 Å². The lowest BCUT2D eigenvalue weighted by Crippen LogP contribution is -2.53. The molecule has 3 amide bonds. The van der Waals surface area contributed by atoms with Gasteiger partial charge >= 0.3 is 12.0 Å². The summed E-state index contributed by atoms with van der Waals surface area (Å²) in [7, 11) is 0. The van der Waals surface area contributed by atoms with Crippen LogP contribution in [0.4, 0.5) is 4.79 Å². The van der Waals surface area contributed by atoms with E-state index in [0.717, 1.165) is 32.1 Å². The molecule has 1 aliphatic rings. The van der Waals surface area contributed by atoms with Gasteiger partial charge in [-0.25, -0.2) is 4.79 Å². The van der Waals surface area contributed by atoms with Crippen LogP contribution in [0.2, 0.25) is 0 Å². The SMILES string of the molecule is NC(=O)C1CCCCN1C(=O)NCCCCCCC(=O)O. The first kappa shape index (κ1) is 17.3.